The van der Waals surface area contributed by atoms with Crippen molar-refractivity contribution >= 4 is 26.9 Å². The standard InChI is InChI=1S/C14H12O5S/c1-3-12(15)19-13-9(2)8-10-6-4-5-7-11(10)14(13)20(16,17)18/h3-8H,1H2,2H3,(H,16,17,18). The number of benzene rings is 2. The van der Waals surface area contributed by atoms with Gasteiger partial charge in [-0.25, -0.2) is 4.79 Å². The molecule has 2 aromatic rings. The highest BCUT2D eigenvalue weighted by Gasteiger charge is 2.24. The van der Waals surface area contributed by atoms with Crippen LogP contribution in [0.4, 0.5) is 0 Å². The third kappa shape index (κ3) is 2.56. The fourth-order valence-corrected chi connectivity index (χ4v) is 2.86. The summed E-state index contributed by atoms with van der Waals surface area (Å²) in [6.07, 6.45) is 0.919. The maximum absolute atomic E-state index is 11.6. The van der Waals surface area contributed by atoms with E-state index in [1.54, 1.807) is 31.2 Å². The number of rotatable bonds is 3. The lowest BCUT2D eigenvalue weighted by atomic mass is 10.1. The topological polar surface area (TPSA) is 80.7 Å². The summed E-state index contributed by atoms with van der Waals surface area (Å²) in [5.74, 6) is -0.982. The van der Waals surface area contributed by atoms with Crippen molar-refractivity contribution in [1.82, 2.24) is 0 Å². The zero-order chi connectivity index (χ0) is 14.9. The Hall–Kier alpha value is -2.18. The first-order valence-electron chi connectivity index (χ1n) is 5.68. The van der Waals surface area contributed by atoms with Crippen LogP contribution in [0.3, 0.4) is 0 Å². The zero-order valence-corrected chi connectivity index (χ0v) is 11.5. The van der Waals surface area contributed by atoms with E-state index in [9.17, 15) is 17.8 Å². The molecule has 0 unspecified atom stereocenters. The second kappa shape index (κ2) is 5.07. The van der Waals surface area contributed by atoms with Gasteiger partial charge in [0.15, 0.2) is 5.75 Å². The molecule has 0 bridgehead atoms. The van der Waals surface area contributed by atoms with Crippen LogP contribution in [0.1, 0.15) is 5.56 Å². The largest absolute Gasteiger partial charge is 0.422 e. The monoisotopic (exact) mass is 292 g/mol. The molecule has 0 saturated heterocycles. The quantitative estimate of drug-likeness (QED) is 0.407. The Labute approximate surface area is 116 Å². The predicted molar refractivity (Wildman–Crippen MR) is 74.3 cm³/mol. The first kappa shape index (κ1) is 14.2. The fraction of sp³-hybridized carbons (Fsp3) is 0.0714. The number of esters is 1. The van der Waals surface area contributed by atoms with Crippen LogP contribution in [-0.4, -0.2) is 18.9 Å². The van der Waals surface area contributed by atoms with Gasteiger partial charge in [-0.1, -0.05) is 30.8 Å². The lowest BCUT2D eigenvalue weighted by Gasteiger charge is -2.13. The Kier molecular flexibility index (Phi) is 3.61. The van der Waals surface area contributed by atoms with E-state index in [0.29, 0.717) is 10.9 Å². The molecule has 104 valence electrons. The summed E-state index contributed by atoms with van der Waals surface area (Å²) in [4.78, 5) is 10.9. The molecule has 20 heavy (non-hydrogen) atoms. The lowest BCUT2D eigenvalue weighted by molar-refractivity contribution is -0.129. The van der Waals surface area contributed by atoms with E-state index in [-0.39, 0.29) is 11.1 Å². The molecule has 0 aliphatic heterocycles. The maximum Gasteiger partial charge on any atom is 0.335 e. The lowest BCUT2D eigenvalue weighted by Crippen LogP contribution is -2.10. The molecule has 0 aliphatic carbocycles. The van der Waals surface area contributed by atoms with Gasteiger partial charge in [0.2, 0.25) is 0 Å². The van der Waals surface area contributed by atoms with Crippen molar-refractivity contribution in [1.29, 1.82) is 0 Å². The van der Waals surface area contributed by atoms with Crippen molar-refractivity contribution in [2.24, 2.45) is 0 Å². The van der Waals surface area contributed by atoms with Crippen molar-refractivity contribution in [2.45, 2.75) is 11.8 Å². The molecule has 2 rings (SSSR count). The number of fused-ring (bicyclic) bond motifs is 1. The number of carbonyl (C=O) groups excluding carboxylic acids is 1. The zero-order valence-electron chi connectivity index (χ0n) is 10.7. The second-order valence-electron chi connectivity index (χ2n) is 4.17. The summed E-state index contributed by atoms with van der Waals surface area (Å²) in [6, 6.07) is 8.28. The Morgan fingerprint density at radius 2 is 2.00 bits per heavy atom. The van der Waals surface area contributed by atoms with Crippen molar-refractivity contribution in [3.8, 4) is 5.75 Å². The second-order valence-corrected chi connectivity index (χ2v) is 5.53. The van der Waals surface area contributed by atoms with Crippen LogP contribution in [0.2, 0.25) is 0 Å². The Balaban J connectivity index is 2.88. The van der Waals surface area contributed by atoms with Gasteiger partial charge in [-0.05, 0) is 23.9 Å². The molecule has 0 heterocycles. The normalized spacial score (nSPS) is 11.3. The molecular formula is C14H12O5S. The molecular weight excluding hydrogens is 280 g/mol. The van der Waals surface area contributed by atoms with Gasteiger partial charge in [0.25, 0.3) is 10.1 Å². The number of hydrogen-bond donors (Lipinski definition) is 1. The minimum absolute atomic E-state index is 0.184. The molecule has 5 nitrogen and oxygen atoms in total. The van der Waals surface area contributed by atoms with Crippen LogP contribution in [-0.2, 0) is 14.9 Å². The van der Waals surface area contributed by atoms with Crippen LogP contribution in [0.15, 0.2) is 47.9 Å². The van der Waals surface area contributed by atoms with Gasteiger partial charge >= 0.3 is 5.97 Å². The van der Waals surface area contributed by atoms with Gasteiger partial charge < -0.3 is 4.74 Å². The van der Waals surface area contributed by atoms with Crippen LogP contribution < -0.4 is 4.74 Å². The molecule has 0 aromatic heterocycles. The minimum atomic E-state index is -4.55. The number of carbonyl (C=O) groups is 1. The van der Waals surface area contributed by atoms with Crippen LogP contribution >= 0.6 is 0 Å². The van der Waals surface area contributed by atoms with E-state index < -0.39 is 21.0 Å². The maximum atomic E-state index is 11.6. The van der Waals surface area contributed by atoms with E-state index in [4.69, 9.17) is 4.74 Å². The van der Waals surface area contributed by atoms with Gasteiger partial charge in [0, 0.05) is 11.5 Å². The Morgan fingerprint density at radius 3 is 2.60 bits per heavy atom. The molecule has 0 saturated carbocycles. The van der Waals surface area contributed by atoms with Gasteiger partial charge in [-0.2, -0.15) is 8.42 Å². The highest BCUT2D eigenvalue weighted by atomic mass is 32.2. The fourth-order valence-electron chi connectivity index (χ4n) is 1.96. The Morgan fingerprint density at radius 1 is 1.35 bits per heavy atom. The van der Waals surface area contributed by atoms with E-state index >= 15 is 0 Å². The smallest absolute Gasteiger partial charge is 0.335 e. The molecule has 1 N–H and O–H groups in total. The first-order chi connectivity index (χ1) is 9.34. The van der Waals surface area contributed by atoms with E-state index in [1.807, 2.05) is 0 Å². The van der Waals surface area contributed by atoms with E-state index in [0.717, 1.165) is 6.08 Å². The predicted octanol–water partition coefficient (Wildman–Crippen LogP) is 2.49. The van der Waals surface area contributed by atoms with Gasteiger partial charge in [-0.15, -0.1) is 0 Å². The molecule has 2 aromatic carbocycles. The summed E-state index contributed by atoms with van der Waals surface area (Å²) in [7, 11) is -4.55. The molecule has 6 heteroatoms. The SMILES string of the molecule is C=CC(=O)Oc1c(C)cc2ccccc2c1S(=O)(=O)O. The third-order valence-electron chi connectivity index (χ3n) is 2.77. The average Bonchev–Trinajstić information content (AvgIpc) is 2.37. The number of ether oxygens (including phenoxy) is 1. The first-order valence-corrected chi connectivity index (χ1v) is 7.12. The minimum Gasteiger partial charge on any atom is -0.422 e. The van der Waals surface area contributed by atoms with Crippen molar-refractivity contribution < 1.29 is 22.5 Å². The molecule has 0 amide bonds. The Bertz CT molecular complexity index is 806. The highest BCUT2D eigenvalue weighted by Crippen LogP contribution is 2.35. The van der Waals surface area contributed by atoms with E-state index in [1.165, 1.54) is 6.07 Å². The van der Waals surface area contributed by atoms with Crippen molar-refractivity contribution in [3.63, 3.8) is 0 Å². The number of aryl methyl sites for hydroxylation is 1. The van der Waals surface area contributed by atoms with Crippen LogP contribution in [0.25, 0.3) is 10.8 Å². The molecule has 0 atom stereocenters. The summed E-state index contributed by atoms with van der Waals surface area (Å²) < 4.78 is 37.7. The van der Waals surface area contributed by atoms with Crippen molar-refractivity contribution in [2.75, 3.05) is 0 Å². The average molecular weight is 292 g/mol. The summed E-state index contributed by atoms with van der Waals surface area (Å²) >= 11 is 0. The molecule has 0 aliphatic rings. The summed E-state index contributed by atoms with van der Waals surface area (Å²) in [5, 5.41) is 0.906. The highest BCUT2D eigenvalue weighted by molar-refractivity contribution is 7.86. The van der Waals surface area contributed by atoms with E-state index in [2.05, 4.69) is 6.58 Å². The molecule has 0 spiro atoms. The van der Waals surface area contributed by atoms with Gasteiger partial charge in [0.1, 0.15) is 4.90 Å². The summed E-state index contributed by atoms with van der Waals surface area (Å²) in [6.45, 7) is 4.84. The number of hydrogen-bond acceptors (Lipinski definition) is 4. The summed E-state index contributed by atoms with van der Waals surface area (Å²) in [5.41, 5.74) is 0.423. The molecule has 0 fully saturated rings. The van der Waals surface area contributed by atoms with Gasteiger partial charge in [0.05, 0.1) is 0 Å². The third-order valence-corrected chi connectivity index (χ3v) is 3.69. The van der Waals surface area contributed by atoms with Crippen molar-refractivity contribution in [3.05, 3.63) is 48.6 Å². The van der Waals surface area contributed by atoms with Crippen LogP contribution in [0.5, 0.6) is 5.75 Å². The van der Waals surface area contributed by atoms with Crippen LogP contribution in [0, 0.1) is 6.92 Å². The molecule has 0 radical (unpaired) electrons. The van der Waals surface area contributed by atoms with Gasteiger partial charge in [-0.3, -0.25) is 4.55 Å².